The van der Waals surface area contributed by atoms with E-state index in [0.29, 0.717) is 17.3 Å². The molecule has 0 amide bonds. The van der Waals surface area contributed by atoms with E-state index in [0.717, 1.165) is 12.8 Å². The molecule has 0 unspecified atom stereocenters. The lowest BCUT2D eigenvalue weighted by atomic mass is 10.3. The fourth-order valence-corrected chi connectivity index (χ4v) is 2.23. The van der Waals surface area contributed by atoms with Crippen LogP contribution in [0.1, 0.15) is 19.8 Å². The Morgan fingerprint density at radius 3 is 2.70 bits per heavy atom. The molecule has 0 bridgehead atoms. The highest BCUT2D eigenvalue weighted by Crippen LogP contribution is 2.35. The van der Waals surface area contributed by atoms with Gasteiger partial charge in [-0.2, -0.15) is 0 Å². The summed E-state index contributed by atoms with van der Waals surface area (Å²) >= 11 is 12.0. The number of hydrogen-bond acceptors (Lipinski definition) is 6. The summed E-state index contributed by atoms with van der Waals surface area (Å²) in [7, 11) is 0. The van der Waals surface area contributed by atoms with Crippen LogP contribution in [0.3, 0.4) is 0 Å². The zero-order valence-electron chi connectivity index (χ0n) is 12.3. The van der Waals surface area contributed by atoms with Crippen molar-refractivity contribution in [1.29, 1.82) is 0 Å². The summed E-state index contributed by atoms with van der Waals surface area (Å²) in [5.41, 5.74) is 0.195. The van der Waals surface area contributed by atoms with Crippen LogP contribution < -0.4 is 10.6 Å². The maximum atomic E-state index is 11.4. The molecule has 1 aromatic carbocycles. The van der Waals surface area contributed by atoms with Crippen LogP contribution in [0.2, 0.25) is 10.0 Å². The Labute approximate surface area is 143 Å². The standard InChI is InChI=1S/C14H15Cl2N5O2/c1-2-3-7-17-13-12(21(22)23)14(19-8-18-13)20-10-6-4-5-9(15)11(10)16/h4-6,8H,2-3,7H2,1H3,(H2,17,18,19,20). The lowest BCUT2D eigenvalue weighted by Crippen LogP contribution is -2.09. The first kappa shape index (κ1) is 17.2. The van der Waals surface area contributed by atoms with Gasteiger partial charge in [0.25, 0.3) is 0 Å². The third-order valence-corrected chi connectivity index (χ3v) is 3.85. The highest BCUT2D eigenvalue weighted by molar-refractivity contribution is 6.43. The van der Waals surface area contributed by atoms with Crippen LogP contribution in [0, 0.1) is 10.1 Å². The Hall–Kier alpha value is -2.12. The number of nitrogens with zero attached hydrogens (tertiary/aromatic N) is 3. The van der Waals surface area contributed by atoms with Crippen molar-refractivity contribution >= 4 is 46.2 Å². The Kier molecular flexibility index (Phi) is 5.95. The molecule has 0 aliphatic carbocycles. The highest BCUT2D eigenvalue weighted by atomic mass is 35.5. The highest BCUT2D eigenvalue weighted by Gasteiger charge is 2.23. The van der Waals surface area contributed by atoms with Gasteiger partial charge in [-0.25, -0.2) is 9.97 Å². The summed E-state index contributed by atoms with van der Waals surface area (Å²) < 4.78 is 0. The molecule has 2 rings (SSSR count). The molecule has 0 radical (unpaired) electrons. The van der Waals surface area contributed by atoms with Crippen LogP contribution >= 0.6 is 23.2 Å². The van der Waals surface area contributed by atoms with Crippen molar-refractivity contribution in [2.24, 2.45) is 0 Å². The van der Waals surface area contributed by atoms with Gasteiger partial charge in [0.05, 0.1) is 20.7 Å². The molecule has 0 aliphatic heterocycles. The molecule has 2 N–H and O–H groups in total. The van der Waals surface area contributed by atoms with Crippen LogP contribution in [0.15, 0.2) is 24.5 Å². The Morgan fingerprint density at radius 1 is 1.26 bits per heavy atom. The Morgan fingerprint density at radius 2 is 2.00 bits per heavy atom. The summed E-state index contributed by atoms with van der Waals surface area (Å²) in [6.45, 7) is 2.62. The van der Waals surface area contributed by atoms with E-state index in [1.807, 2.05) is 6.92 Å². The van der Waals surface area contributed by atoms with Gasteiger partial charge in [-0.3, -0.25) is 10.1 Å². The molecule has 0 aliphatic rings. The van der Waals surface area contributed by atoms with Crippen LogP contribution in [-0.2, 0) is 0 Å². The summed E-state index contributed by atoms with van der Waals surface area (Å²) in [6.07, 6.45) is 3.10. The van der Waals surface area contributed by atoms with Crippen molar-refractivity contribution in [3.8, 4) is 0 Å². The van der Waals surface area contributed by atoms with Gasteiger partial charge in [0.1, 0.15) is 6.33 Å². The van der Waals surface area contributed by atoms with Crippen LogP contribution in [-0.4, -0.2) is 21.4 Å². The minimum atomic E-state index is -0.533. The molecule has 9 heteroatoms. The summed E-state index contributed by atoms with van der Waals surface area (Å²) in [6, 6.07) is 4.97. The average molecular weight is 356 g/mol. The number of benzene rings is 1. The number of nitrogens with one attached hydrogen (secondary N) is 2. The quantitative estimate of drug-likeness (QED) is 0.426. The van der Waals surface area contributed by atoms with Gasteiger partial charge in [-0.15, -0.1) is 0 Å². The summed E-state index contributed by atoms with van der Waals surface area (Å²) in [4.78, 5) is 18.8. The van der Waals surface area contributed by atoms with E-state index >= 15 is 0 Å². The van der Waals surface area contributed by atoms with E-state index < -0.39 is 4.92 Å². The van der Waals surface area contributed by atoms with E-state index in [1.54, 1.807) is 18.2 Å². The number of halogens is 2. The second kappa shape index (κ2) is 7.94. The fourth-order valence-electron chi connectivity index (χ4n) is 1.88. The van der Waals surface area contributed by atoms with E-state index in [4.69, 9.17) is 23.2 Å². The van der Waals surface area contributed by atoms with Gasteiger partial charge in [-0.1, -0.05) is 42.6 Å². The van der Waals surface area contributed by atoms with Crippen LogP contribution in [0.5, 0.6) is 0 Å². The molecule has 0 saturated carbocycles. The molecule has 7 nitrogen and oxygen atoms in total. The largest absolute Gasteiger partial charge is 0.364 e. The van der Waals surface area contributed by atoms with Crippen molar-refractivity contribution in [3.63, 3.8) is 0 Å². The monoisotopic (exact) mass is 355 g/mol. The number of rotatable bonds is 7. The predicted molar refractivity (Wildman–Crippen MR) is 91.8 cm³/mol. The van der Waals surface area contributed by atoms with Gasteiger partial charge in [-0.05, 0) is 18.6 Å². The second-order valence-corrected chi connectivity index (χ2v) is 5.47. The molecule has 0 saturated heterocycles. The lowest BCUT2D eigenvalue weighted by Gasteiger charge is -2.11. The molecular weight excluding hydrogens is 341 g/mol. The van der Waals surface area contributed by atoms with Gasteiger partial charge >= 0.3 is 5.69 Å². The first-order valence-electron chi connectivity index (χ1n) is 6.99. The molecule has 1 heterocycles. The first-order valence-corrected chi connectivity index (χ1v) is 7.74. The second-order valence-electron chi connectivity index (χ2n) is 4.68. The maximum absolute atomic E-state index is 11.4. The van der Waals surface area contributed by atoms with Crippen molar-refractivity contribution in [1.82, 2.24) is 9.97 Å². The lowest BCUT2D eigenvalue weighted by molar-refractivity contribution is -0.383. The minimum absolute atomic E-state index is 0.0492. The first-order chi connectivity index (χ1) is 11.0. The number of anilines is 3. The molecule has 23 heavy (non-hydrogen) atoms. The van der Waals surface area contributed by atoms with E-state index in [1.165, 1.54) is 6.33 Å². The minimum Gasteiger partial charge on any atom is -0.364 e. The fraction of sp³-hybridized carbons (Fsp3) is 0.286. The number of aromatic nitrogens is 2. The van der Waals surface area contributed by atoms with Crippen molar-refractivity contribution in [2.75, 3.05) is 17.2 Å². The van der Waals surface area contributed by atoms with Gasteiger partial charge in [0.2, 0.25) is 11.6 Å². The van der Waals surface area contributed by atoms with Crippen molar-refractivity contribution in [3.05, 3.63) is 44.7 Å². The molecule has 2 aromatic rings. The predicted octanol–water partition coefficient (Wildman–Crippen LogP) is 4.65. The summed E-state index contributed by atoms with van der Waals surface area (Å²) in [5, 5.41) is 17.8. The average Bonchev–Trinajstić information content (AvgIpc) is 2.52. The van der Waals surface area contributed by atoms with Gasteiger partial charge in [0, 0.05) is 6.54 Å². The zero-order valence-corrected chi connectivity index (χ0v) is 13.9. The number of nitro groups is 1. The van der Waals surface area contributed by atoms with Crippen LogP contribution in [0.25, 0.3) is 0 Å². The molecule has 122 valence electrons. The molecule has 0 atom stereocenters. The van der Waals surface area contributed by atoms with E-state index in [9.17, 15) is 10.1 Å². The normalized spacial score (nSPS) is 10.4. The summed E-state index contributed by atoms with van der Waals surface area (Å²) in [5.74, 6) is 0.215. The third-order valence-electron chi connectivity index (χ3n) is 3.03. The molecule has 0 fully saturated rings. The van der Waals surface area contributed by atoms with E-state index in [2.05, 4.69) is 20.6 Å². The number of hydrogen-bond donors (Lipinski definition) is 2. The van der Waals surface area contributed by atoms with Gasteiger partial charge in [0.15, 0.2) is 0 Å². The SMILES string of the molecule is CCCCNc1ncnc(Nc2cccc(Cl)c2Cl)c1[N+](=O)[O-]. The molecule has 1 aromatic heterocycles. The Balaban J connectivity index is 2.36. The molecule has 0 spiro atoms. The third kappa shape index (κ3) is 4.20. The maximum Gasteiger partial charge on any atom is 0.353 e. The van der Waals surface area contributed by atoms with Crippen LogP contribution in [0.4, 0.5) is 23.0 Å². The van der Waals surface area contributed by atoms with Crippen molar-refractivity contribution in [2.45, 2.75) is 19.8 Å². The number of unbranched alkanes of at least 4 members (excludes halogenated alkanes) is 1. The molecular formula is C14H15Cl2N5O2. The zero-order chi connectivity index (χ0) is 16.8. The van der Waals surface area contributed by atoms with Crippen molar-refractivity contribution < 1.29 is 4.92 Å². The van der Waals surface area contributed by atoms with Gasteiger partial charge < -0.3 is 10.6 Å². The van der Waals surface area contributed by atoms with E-state index in [-0.39, 0.29) is 22.3 Å². The Bertz CT molecular complexity index is 712. The topological polar surface area (TPSA) is 93.0 Å². The smallest absolute Gasteiger partial charge is 0.353 e.